The van der Waals surface area contributed by atoms with Gasteiger partial charge < -0.3 is 28.4 Å². The molecular formula is C29H33N3O6. The van der Waals surface area contributed by atoms with E-state index >= 15 is 0 Å². The zero-order valence-electron chi connectivity index (χ0n) is 21.4. The van der Waals surface area contributed by atoms with E-state index in [-0.39, 0.29) is 25.2 Å². The number of benzene rings is 2. The maximum atomic E-state index is 13.7. The zero-order valence-corrected chi connectivity index (χ0v) is 21.4. The molecule has 0 bridgehead atoms. The Morgan fingerprint density at radius 3 is 2.47 bits per heavy atom. The van der Waals surface area contributed by atoms with Crippen molar-refractivity contribution in [2.45, 2.75) is 13.0 Å². The van der Waals surface area contributed by atoms with E-state index in [1.807, 2.05) is 42.5 Å². The molecule has 0 atom stereocenters. The monoisotopic (exact) mass is 519 g/mol. The number of morpholine rings is 1. The smallest absolute Gasteiger partial charge is 0.254 e. The molecule has 1 saturated heterocycles. The van der Waals surface area contributed by atoms with Gasteiger partial charge in [-0.05, 0) is 42.3 Å². The molecule has 200 valence electrons. The number of carbonyl (C=O) groups is 2. The molecule has 2 aromatic carbocycles. The van der Waals surface area contributed by atoms with Crippen molar-refractivity contribution in [3.8, 4) is 11.5 Å². The molecule has 9 heteroatoms. The largest absolute Gasteiger partial charge is 0.467 e. The van der Waals surface area contributed by atoms with E-state index in [2.05, 4.69) is 4.90 Å². The molecule has 0 unspecified atom stereocenters. The standard InChI is InChI=1S/C29H33N3O6/c33-28(31(20-25-7-4-16-36-25)11-10-23-5-2-1-3-6-23)21-32(13-12-30-14-17-35-18-15-30)29(34)24-8-9-26-27(19-24)38-22-37-26/h1-9,16,19H,10-15,17-18,20-22H2. The predicted octanol–water partition coefficient (Wildman–Crippen LogP) is 3.05. The van der Waals surface area contributed by atoms with Gasteiger partial charge in [0.2, 0.25) is 12.7 Å². The van der Waals surface area contributed by atoms with Gasteiger partial charge in [0.25, 0.3) is 5.91 Å². The van der Waals surface area contributed by atoms with Gasteiger partial charge in [-0.2, -0.15) is 0 Å². The number of amides is 2. The summed E-state index contributed by atoms with van der Waals surface area (Å²) in [7, 11) is 0. The highest BCUT2D eigenvalue weighted by Crippen LogP contribution is 2.32. The van der Waals surface area contributed by atoms with Crippen molar-refractivity contribution in [3.05, 3.63) is 83.8 Å². The van der Waals surface area contributed by atoms with Crippen LogP contribution in [0.2, 0.25) is 0 Å². The lowest BCUT2D eigenvalue weighted by atomic mass is 10.1. The minimum Gasteiger partial charge on any atom is -0.467 e. The van der Waals surface area contributed by atoms with Gasteiger partial charge in [0.05, 0.1) is 26.0 Å². The van der Waals surface area contributed by atoms with Crippen LogP contribution < -0.4 is 9.47 Å². The number of hydrogen-bond donors (Lipinski definition) is 0. The van der Waals surface area contributed by atoms with Crippen LogP contribution in [-0.2, 0) is 22.5 Å². The Bertz CT molecular complexity index is 1190. The lowest BCUT2D eigenvalue weighted by molar-refractivity contribution is -0.132. The summed E-state index contributed by atoms with van der Waals surface area (Å²) in [6.45, 7) is 5.00. The normalized spacial score (nSPS) is 14.8. The first-order valence-corrected chi connectivity index (χ1v) is 13.0. The van der Waals surface area contributed by atoms with Crippen molar-refractivity contribution in [1.29, 1.82) is 0 Å². The minimum absolute atomic E-state index is 0.0346. The molecule has 5 rings (SSSR count). The predicted molar refractivity (Wildman–Crippen MR) is 140 cm³/mol. The van der Waals surface area contributed by atoms with Gasteiger partial charge in [-0.15, -0.1) is 0 Å². The molecule has 3 aromatic rings. The van der Waals surface area contributed by atoms with Crippen molar-refractivity contribution in [2.75, 3.05) is 59.3 Å². The summed E-state index contributed by atoms with van der Waals surface area (Å²) in [5.74, 6) is 1.51. The first kappa shape index (κ1) is 25.8. The summed E-state index contributed by atoms with van der Waals surface area (Å²) in [6.07, 6.45) is 2.31. The third-order valence-electron chi connectivity index (χ3n) is 6.82. The van der Waals surface area contributed by atoms with E-state index in [9.17, 15) is 9.59 Å². The van der Waals surface area contributed by atoms with Crippen molar-refractivity contribution < 1.29 is 28.2 Å². The Balaban J connectivity index is 1.31. The minimum atomic E-state index is -0.217. The molecule has 1 fully saturated rings. The molecule has 0 saturated carbocycles. The van der Waals surface area contributed by atoms with Gasteiger partial charge in [-0.25, -0.2) is 0 Å². The summed E-state index contributed by atoms with van der Waals surface area (Å²) in [5.41, 5.74) is 1.61. The Morgan fingerprint density at radius 2 is 1.68 bits per heavy atom. The Kier molecular flexibility index (Phi) is 8.57. The van der Waals surface area contributed by atoms with E-state index in [0.29, 0.717) is 68.6 Å². The average molecular weight is 520 g/mol. The van der Waals surface area contributed by atoms with Crippen LogP contribution in [0.4, 0.5) is 0 Å². The molecule has 38 heavy (non-hydrogen) atoms. The third kappa shape index (κ3) is 6.73. The number of rotatable bonds is 11. The SMILES string of the molecule is O=C(CN(CCN1CCOCC1)C(=O)c1ccc2c(c1)OCO2)N(CCc1ccccc1)Cc1ccco1. The second kappa shape index (κ2) is 12.6. The van der Waals surface area contributed by atoms with Gasteiger partial charge in [0.15, 0.2) is 11.5 Å². The number of nitrogens with zero attached hydrogens (tertiary/aromatic N) is 3. The van der Waals surface area contributed by atoms with Crippen LogP contribution in [0.15, 0.2) is 71.3 Å². The van der Waals surface area contributed by atoms with Crippen molar-refractivity contribution >= 4 is 11.8 Å². The number of ether oxygens (including phenoxy) is 3. The lowest BCUT2D eigenvalue weighted by Gasteiger charge is -2.31. The molecule has 2 aliphatic rings. The van der Waals surface area contributed by atoms with Crippen molar-refractivity contribution in [3.63, 3.8) is 0 Å². The first-order chi connectivity index (χ1) is 18.7. The van der Waals surface area contributed by atoms with Gasteiger partial charge in [0.1, 0.15) is 12.3 Å². The molecule has 3 heterocycles. The topological polar surface area (TPSA) is 84.7 Å². The molecular weight excluding hydrogens is 486 g/mol. The highest BCUT2D eigenvalue weighted by molar-refractivity contribution is 5.97. The molecule has 2 amide bonds. The molecule has 0 radical (unpaired) electrons. The summed E-state index contributed by atoms with van der Waals surface area (Å²) in [6, 6.07) is 18.9. The fourth-order valence-electron chi connectivity index (χ4n) is 4.61. The Morgan fingerprint density at radius 1 is 0.868 bits per heavy atom. The molecule has 0 spiro atoms. The van der Waals surface area contributed by atoms with Gasteiger partial charge in [0, 0.05) is 38.3 Å². The molecule has 0 aliphatic carbocycles. The number of fused-ring (bicyclic) bond motifs is 1. The molecule has 1 aromatic heterocycles. The fourth-order valence-corrected chi connectivity index (χ4v) is 4.61. The quantitative estimate of drug-likeness (QED) is 0.385. The van der Waals surface area contributed by atoms with E-state index in [0.717, 1.165) is 18.7 Å². The van der Waals surface area contributed by atoms with Crippen molar-refractivity contribution in [1.82, 2.24) is 14.7 Å². The van der Waals surface area contributed by atoms with E-state index in [1.54, 1.807) is 34.3 Å². The Labute approximate surface area is 222 Å². The molecule has 2 aliphatic heterocycles. The van der Waals surface area contributed by atoms with Crippen LogP contribution in [-0.4, -0.2) is 85.8 Å². The summed E-state index contributed by atoms with van der Waals surface area (Å²) in [5, 5.41) is 0. The highest BCUT2D eigenvalue weighted by atomic mass is 16.7. The maximum absolute atomic E-state index is 13.7. The van der Waals surface area contributed by atoms with E-state index in [4.69, 9.17) is 18.6 Å². The third-order valence-corrected chi connectivity index (χ3v) is 6.82. The number of carbonyl (C=O) groups excluding carboxylic acids is 2. The summed E-state index contributed by atoms with van der Waals surface area (Å²) in [4.78, 5) is 33.0. The van der Waals surface area contributed by atoms with Crippen LogP contribution in [0.3, 0.4) is 0 Å². The zero-order chi connectivity index (χ0) is 26.2. The van der Waals surface area contributed by atoms with Gasteiger partial charge >= 0.3 is 0 Å². The lowest BCUT2D eigenvalue weighted by Crippen LogP contribution is -2.47. The average Bonchev–Trinajstić information content (AvgIpc) is 3.65. The van der Waals surface area contributed by atoms with Crippen LogP contribution in [0.25, 0.3) is 0 Å². The van der Waals surface area contributed by atoms with E-state index < -0.39 is 0 Å². The fraction of sp³-hybridized carbons (Fsp3) is 0.379. The molecule has 0 N–H and O–H groups in total. The van der Waals surface area contributed by atoms with Crippen molar-refractivity contribution in [2.24, 2.45) is 0 Å². The Hall–Kier alpha value is -3.82. The maximum Gasteiger partial charge on any atom is 0.254 e. The van der Waals surface area contributed by atoms with Crippen LogP contribution in [0.1, 0.15) is 21.7 Å². The molecule has 9 nitrogen and oxygen atoms in total. The van der Waals surface area contributed by atoms with Gasteiger partial charge in [-0.1, -0.05) is 30.3 Å². The summed E-state index contributed by atoms with van der Waals surface area (Å²) >= 11 is 0. The van der Waals surface area contributed by atoms with Gasteiger partial charge in [-0.3, -0.25) is 14.5 Å². The second-order valence-corrected chi connectivity index (χ2v) is 9.38. The first-order valence-electron chi connectivity index (χ1n) is 13.0. The van der Waals surface area contributed by atoms with Crippen LogP contribution >= 0.6 is 0 Å². The number of hydrogen-bond acceptors (Lipinski definition) is 7. The highest BCUT2D eigenvalue weighted by Gasteiger charge is 2.26. The number of furan rings is 1. The summed E-state index contributed by atoms with van der Waals surface area (Å²) < 4.78 is 21.9. The van der Waals surface area contributed by atoms with Crippen LogP contribution in [0, 0.1) is 0 Å². The van der Waals surface area contributed by atoms with Crippen LogP contribution in [0.5, 0.6) is 11.5 Å². The second-order valence-electron chi connectivity index (χ2n) is 9.38. The van der Waals surface area contributed by atoms with E-state index in [1.165, 1.54) is 0 Å².